The number of rotatable bonds is 2. The smallest absolute Gasteiger partial charge is 0.169 e. The van der Waals surface area contributed by atoms with Gasteiger partial charge in [0.1, 0.15) is 11.9 Å². The van der Waals surface area contributed by atoms with Gasteiger partial charge in [-0.15, -0.1) is 0 Å². The molecule has 0 bridgehead atoms. The second-order valence-corrected chi connectivity index (χ2v) is 4.79. The summed E-state index contributed by atoms with van der Waals surface area (Å²) in [6.07, 6.45) is 0.271. The maximum absolute atomic E-state index is 9.19. The molecule has 0 amide bonds. The van der Waals surface area contributed by atoms with Crippen molar-refractivity contribution in [2.75, 3.05) is 6.61 Å². The molecule has 0 aliphatic carbocycles. The fraction of sp³-hybridized carbons (Fsp3) is 0.200. The van der Waals surface area contributed by atoms with E-state index in [1.807, 2.05) is 24.3 Å². The zero-order valence-corrected chi connectivity index (χ0v) is 10.9. The van der Waals surface area contributed by atoms with Crippen molar-refractivity contribution in [1.29, 1.82) is 0 Å². The van der Waals surface area contributed by atoms with Crippen molar-refractivity contribution in [3.05, 3.63) is 53.1 Å². The van der Waals surface area contributed by atoms with Gasteiger partial charge in [-0.25, -0.2) is 0 Å². The average molecular weight is 277 g/mol. The van der Waals surface area contributed by atoms with E-state index in [0.717, 1.165) is 11.3 Å². The van der Waals surface area contributed by atoms with Crippen molar-refractivity contribution in [2.45, 2.75) is 12.5 Å². The number of halogens is 1. The van der Waals surface area contributed by atoms with Crippen LogP contribution in [-0.4, -0.2) is 11.7 Å². The van der Waals surface area contributed by atoms with Crippen LogP contribution >= 0.6 is 11.6 Å². The maximum atomic E-state index is 9.19. The third-order valence-electron chi connectivity index (χ3n) is 3.05. The Morgan fingerprint density at radius 1 is 1.05 bits per heavy atom. The third kappa shape index (κ3) is 2.39. The second kappa shape index (κ2) is 5.11. The number of ether oxygens (including phenoxy) is 2. The van der Waals surface area contributed by atoms with Crippen LogP contribution in [0.3, 0.4) is 0 Å². The molecule has 1 aliphatic heterocycles. The van der Waals surface area contributed by atoms with E-state index in [-0.39, 0.29) is 12.7 Å². The molecule has 3 rings (SSSR count). The molecule has 1 N–H and O–H groups in total. The van der Waals surface area contributed by atoms with E-state index in [9.17, 15) is 5.11 Å². The molecule has 1 atom stereocenters. The normalized spacial score (nSPS) is 16.6. The monoisotopic (exact) mass is 276 g/mol. The maximum Gasteiger partial charge on any atom is 0.169 e. The molecule has 3 nitrogen and oxygen atoms in total. The topological polar surface area (TPSA) is 38.7 Å². The fourth-order valence-electron chi connectivity index (χ4n) is 2.16. The molecule has 4 heteroatoms. The molecular weight excluding hydrogens is 264 g/mol. The van der Waals surface area contributed by atoms with Gasteiger partial charge in [0.25, 0.3) is 0 Å². The van der Waals surface area contributed by atoms with Crippen molar-refractivity contribution < 1.29 is 14.6 Å². The highest BCUT2D eigenvalue weighted by Crippen LogP contribution is 2.43. The number of hydrogen-bond acceptors (Lipinski definition) is 3. The van der Waals surface area contributed by atoms with Gasteiger partial charge in [0.05, 0.1) is 0 Å². The van der Waals surface area contributed by atoms with Gasteiger partial charge in [-0.3, -0.25) is 0 Å². The van der Waals surface area contributed by atoms with Crippen LogP contribution < -0.4 is 9.47 Å². The van der Waals surface area contributed by atoms with Gasteiger partial charge in [-0.05, 0) is 18.2 Å². The lowest BCUT2D eigenvalue weighted by atomic mass is 10.1. The number of fused-ring (bicyclic) bond motifs is 2. The molecule has 0 radical (unpaired) electrons. The van der Waals surface area contributed by atoms with E-state index in [1.165, 1.54) is 0 Å². The standard InChI is InChI=1S/C15H13ClO3/c16-10-5-6-14-15(9-10)19-13(7-8-17)11-3-1-2-4-12(11)18-14/h1-6,9,13,17H,7-8H2. The summed E-state index contributed by atoms with van der Waals surface area (Å²) in [5, 5.41) is 9.79. The largest absolute Gasteiger partial charge is 0.482 e. The molecule has 2 aromatic rings. The van der Waals surface area contributed by atoms with Crippen LogP contribution in [0.1, 0.15) is 18.1 Å². The number of aliphatic hydroxyl groups excluding tert-OH is 1. The van der Waals surface area contributed by atoms with Crippen LogP contribution in [0.5, 0.6) is 17.2 Å². The zero-order chi connectivity index (χ0) is 13.2. The van der Waals surface area contributed by atoms with Crippen molar-refractivity contribution in [2.24, 2.45) is 0 Å². The highest BCUT2D eigenvalue weighted by molar-refractivity contribution is 6.30. The van der Waals surface area contributed by atoms with E-state index in [1.54, 1.807) is 18.2 Å². The van der Waals surface area contributed by atoms with Gasteiger partial charge in [0.15, 0.2) is 11.5 Å². The summed E-state index contributed by atoms with van der Waals surface area (Å²) in [5.74, 6) is 1.99. The first kappa shape index (κ1) is 12.3. The van der Waals surface area contributed by atoms with Crippen molar-refractivity contribution >= 4 is 11.6 Å². The summed E-state index contributed by atoms with van der Waals surface area (Å²) in [5.41, 5.74) is 0.934. The first-order valence-corrected chi connectivity index (χ1v) is 6.49. The predicted octanol–water partition coefficient (Wildman–Crippen LogP) is 3.95. The Kier molecular flexibility index (Phi) is 3.32. The lowest BCUT2D eigenvalue weighted by Gasteiger charge is -2.16. The van der Waals surface area contributed by atoms with Crippen LogP contribution in [0, 0.1) is 0 Å². The Hall–Kier alpha value is -1.71. The fourth-order valence-corrected chi connectivity index (χ4v) is 2.33. The minimum Gasteiger partial charge on any atom is -0.482 e. The number of aliphatic hydroxyl groups is 1. The van der Waals surface area contributed by atoms with E-state index in [4.69, 9.17) is 21.1 Å². The third-order valence-corrected chi connectivity index (χ3v) is 3.29. The molecule has 0 saturated carbocycles. The molecule has 19 heavy (non-hydrogen) atoms. The van der Waals surface area contributed by atoms with Gasteiger partial charge in [-0.1, -0.05) is 29.8 Å². The molecule has 0 fully saturated rings. The summed E-state index contributed by atoms with van der Waals surface area (Å²) in [6.45, 7) is 0.0505. The molecule has 0 spiro atoms. The van der Waals surface area contributed by atoms with Crippen LogP contribution in [0.4, 0.5) is 0 Å². The van der Waals surface area contributed by atoms with Crippen molar-refractivity contribution in [3.8, 4) is 17.2 Å². The summed E-state index contributed by atoms with van der Waals surface area (Å²) >= 11 is 5.98. The minimum absolute atomic E-state index is 0.0505. The van der Waals surface area contributed by atoms with Gasteiger partial charge in [-0.2, -0.15) is 0 Å². The Labute approximate surface area is 116 Å². The molecule has 1 unspecified atom stereocenters. The second-order valence-electron chi connectivity index (χ2n) is 4.35. The van der Waals surface area contributed by atoms with E-state index >= 15 is 0 Å². The van der Waals surface area contributed by atoms with Gasteiger partial charge < -0.3 is 14.6 Å². The highest BCUT2D eigenvalue weighted by atomic mass is 35.5. The average Bonchev–Trinajstić information content (AvgIpc) is 2.56. The van der Waals surface area contributed by atoms with Crippen LogP contribution in [0.2, 0.25) is 5.02 Å². The lowest BCUT2D eigenvalue weighted by Crippen LogP contribution is -2.08. The molecule has 1 aliphatic rings. The minimum atomic E-state index is -0.235. The zero-order valence-electron chi connectivity index (χ0n) is 10.2. The molecule has 0 aromatic heterocycles. The summed E-state index contributed by atoms with van der Waals surface area (Å²) < 4.78 is 11.8. The quantitative estimate of drug-likeness (QED) is 0.903. The van der Waals surface area contributed by atoms with Gasteiger partial charge in [0.2, 0.25) is 0 Å². The molecule has 98 valence electrons. The first-order valence-electron chi connectivity index (χ1n) is 6.12. The highest BCUT2D eigenvalue weighted by Gasteiger charge is 2.24. The number of para-hydroxylation sites is 1. The number of hydrogen-bond donors (Lipinski definition) is 1. The summed E-state index contributed by atoms with van der Waals surface area (Å²) in [7, 11) is 0. The van der Waals surface area contributed by atoms with Crippen molar-refractivity contribution in [1.82, 2.24) is 0 Å². The molecular formula is C15H13ClO3. The Bertz CT molecular complexity index is 598. The van der Waals surface area contributed by atoms with Gasteiger partial charge in [0, 0.05) is 29.7 Å². The van der Waals surface area contributed by atoms with E-state index in [2.05, 4.69) is 0 Å². The Morgan fingerprint density at radius 3 is 2.74 bits per heavy atom. The summed E-state index contributed by atoms with van der Waals surface area (Å²) in [4.78, 5) is 0. The molecule has 2 aromatic carbocycles. The number of benzene rings is 2. The Morgan fingerprint density at radius 2 is 1.89 bits per heavy atom. The first-order chi connectivity index (χ1) is 9.28. The lowest BCUT2D eigenvalue weighted by molar-refractivity contribution is 0.157. The van der Waals surface area contributed by atoms with Gasteiger partial charge >= 0.3 is 0 Å². The predicted molar refractivity (Wildman–Crippen MR) is 73.0 cm³/mol. The van der Waals surface area contributed by atoms with Crippen LogP contribution in [0.15, 0.2) is 42.5 Å². The Balaban J connectivity index is 2.09. The summed E-state index contributed by atoms with van der Waals surface area (Å²) in [6, 6.07) is 13.0. The van der Waals surface area contributed by atoms with Crippen LogP contribution in [-0.2, 0) is 0 Å². The van der Waals surface area contributed by atoms with E-state index < -0.39 is 0 Å². The molecule has 0 saturated heterocycles. The SMILES string of the molecule is OCCC1Oc2cc(Cl)ccc2Oc2ccccc21. The van der Waals surface area contributed by atoms with E-state index in [0.29, 0.717) is 22.9 Å². The van der Waals surface area contributed by atoms with Crippen molar-refractivity contribution in [3.63, 3.8) is 0 Å². The molecule has 1 heterocycles. The van der Waals surface area contributed by atoms with Crippen LogP contribution in [0.25, 0.3) is 0 Å².